The van der Waals surface area contributed by atoms with Gasteiger partial charge in [0.2, 0.25) is 0 Å². The van der Waals surface area contributed by atoms with Gasteiger partial charge in [-0.1, -0.05) is 0 Å². The van der Waals surface area contributed by atoms with Crippen molar-refractivity contribution in [2.75, 3.05) is 32.9 Å². The van der Waals surface area contributed by atoms with Gasteiger partial charge in [-0.3, -0.25) is 9.78 Å². The predicted octanol–water partition coefficient (Wildman–Crippen LogP) is -0.189. The van der Waals surface area contributed by atoms with E-state index in [1.54, 1.807) is 17.0 Å². The minimum Gasteiger partial charge on any atom is -0.482 e. The standard InChI is InChI=1S/C12H16N2O4/c15-8-10-1-2-11(7-13-10)18-9-12(16)14-3-5-17-6-4-14/h1-2,7,15H,3-6,8-9H2. The van der Waals surface area contributed by atoms with E-state index in [1.165, 1.54) is 6.20 Å². The number of ether oxygens (including phenoxy) is 2. The lowest BCUT2D eigenvalue weighted by molar-refractivity contribution is -0.137. The molecule has 0 bridgehead atoms. The average molecular weight is 252 g/mol. The number of rotatable bonds is 4. The van der Waals surface area contributed by atoms with Gasteiger partial charge in [0, 0.05) is 13.1 Å². The second kappa shape index (κ2) is 6.32. The van der Waals surface area contributed by atoms with E-state index in [0.29, 0.717) is 37.7 Å². The van der Waals surface area contributed by atoms with Crippen LogP contribution in [0, 0.1) is 0 Å². The first-order valence-corrected chi connectivity index (χ1v) is 5.83. The molecule has 6 nitrogen and oxygen atoms in total. The van der Waals surface area contributed by atoms with E-state index in [2.05, 4.69) is 4.98 Å². The highest BCUT2D eigenvalue weighted by atomic mass is 16.5. The zero-order valence-electron chi connectivity index (χ0n) is 10.0. The average Bonchev–Trinajstić information content (AvgIpc) is 2.46. The number of nitrogens with zero attached hydrogens (tertiary/aromatic N) is 2. The molecule has 2 heterocycles. The summed E-state index contributed by atoms with van der Waals surface area (Å²) in [7, 11) is 0. The Labute approximate surface area is 105 Å². The van der Waals surface area contributed by atoms with E-state index >= 15 is 0 Å². The van der Waals surface area contributed by atoms with Crippen LogP contribution in [-0.2, 0) is 16.1 Å². The number of aliphatic hydroxyl groups is 1. The number of carbonyl (C=O) groups is 1. The topological polar surface area (TPSA) is 71.9 Å². The van der Waals surface area contributed by atoms with Gasteiger partial charge in [0.05, 0.1) is 31.7 Å². The van der Waals surface area contributed by atoms with E-state index in [4.69, 9.17) is 14.6 Å². The molecule has 1 aliphatic rings. The van der Waals surface area contributed by atoms with Gasteiger partial charge in [0.25, 0.3) is 5.91 Å². The number of aromatic nitrogens is 1. The monoisotopic (exact) mass is 252 g/mol. The number of amides is 1. The van der Waals surface area contributed by atoms with Crippen molar-refractivity contribution in [3.63, 3.8) is 0 Å². The SMILES string of the molecule is O=C(COc1ccc(CO)nc1)N1CCOCC1. The lowest BCUT2D eigenvalue weighted by Crippen LogP contribution is -2.42. The summed E-state index contributed by atoms with van der Waals surface area (Å²) in [6.07, 6.45) is 1.50. The van der Waals surface area contributed by atoms with Gasteiger partial charge in [-0.05, 0) is 12.1 Å². The van der Waals surface area contributed by atoms with Crippen molar-refractivity contribution in [1.82, 2.24) is 9.88 Å². The van der Waals surface area contributed by atoms with Crippen LogP contribution >= 0.6 is 0 Å². The van der Waals surface area contributed by atoms with Crippen molar-refractivity contribution in [2.24, 2.45) is 0 Å². The quantitative estimate of drug-likeness (QED) is 0.804. The Morgan fingerprint density at radius 3 is 2.83 bits per heavy atom. The molecular weight excluding hydrogens is 236 g/mol. The van der Waals surface area contributed by atoms with Crippen molar-refractivity contribution in [1.29, 1.82) is 0 Å². The zero-order valence-corrected chi connectivity index (χ0v) is 10.0. The summed E-state index contributed by atoms with van der Waals surface area (Å²) < 4.78 is 10.5. The minimum atomic E-state index is -0.104. The molecular formula is C12H16N2O4. The van der Waals surface area contributed by atoms with Gasteiger partial charge in [-0.15, -0.1) is 0 Å². The molecule has 0 unspecified atom stereocenters. The van der Waals surface area contributed by atoms with Crippen LogP contribution < -0.4 is 4.74 Å². The van der Waals surface area contributed by atoms with E-state index in [-0.39, 0.29) is 19.1 Å². The Morgan fingerprint density at radius 1 is 1.44 bits per heavy atom. The maximum atomic E-state index is 11.8. The lowest BCUT2D eigenvalue weighted by atomic mass is 10.3. The molecule has 98 valence electrons. The Morgan fingerprint density at radius 2 is 2.22 bits per heavy atom. The van der Waals surface area contributed by atoms with Crippen molar-refractivity contribution in [3.8, 4) is 5.75 Å². The van der Waals surface area contributed by atoms with Crippen LogP contribution in [0.4, 0.5) is 0 Å². The lowest BCUT2D eigenvalue weighted by Gasteiger charge is -2.26. The maximum absolute atomic E-state index is 11.8. The highest BCUT2D eigenvalue weighted by molar-refractivity contribution is 5.77. The number of hydrogen-bond donors (Lipinski definition) is 1. The van der Waals surface area contributed by atoms with Crippen LogP contribution in [-0.4, -0.2) is 53.8 Å². The zero-order chi connectivity index (χ0) is 12.8. The highest BCUT2D eigenvalue weighted by Crippen LogP contribution is 2.09. The van der Waals surface area contributed by atoms with E-state index < -0.39 is 0 Å². The second-order valence-electron chi connectivity index (χ2n) is 3.93. The van der Waals surface area contributed by atoms with Crippen molar-refractivity contribution < 1.29 is 19.4 Å². The van der Waals surface area contributed by atoms with E-state index in [0.717, 1.165) is 0 Å². The first-order chi connectivity index (χ1) is 8.79. The van der Waals surface area contributed by atoms with Crippen LogP contribution in [0.2, 0.25) is 0 Å². The van der Waals surface area contributed by atoms with Crippen LogP contribution in [0.15, 0.2) is 18.3 Å². The molecule has 1 fully saturated rings. The fourth-order valence-electron chi connectivity index (χ4n) is 1.64. The minimum absolute atomic E-state index is 0.000150. The molecule has 1 aliphatic heterocycles. The molecule has 0 aromatic carbocycles. The molecule has 1 N–H and O–H groups in total. The third kappa shape index (κ3) is 3.41. The van der Waals surface area contributed by atoms with Crippen molar-refractivity contribution in [3.05, 3.63) is 24.0 Å². The summed E-state index contributed by atoms with van der Waals surface area (Å²) in [6, 6.07) is 3.35. The molecule has 18 heavy (non-hydrogen) atoms. The molecule has 0 radical (unpaired) electrons. The summed E-state index contributed by atoms with van der Waals surface area (Å²) in [5.74, 6) is 0.471. The molecule has 2 rings (SSSR count). The number of hydrogen-bond acceptors (Lipinski definition) is 5. The molecule has 0 atom stereocenters. The number of aliphatic hydroxyl groups excluding tert-OH is 1. The van der Waals surface area contributed by atoms with Crippen LogP contribution in [0.5, 0.6) is 5.75 Å². The van der Waals surface area contributed by atoms with Crippen molar-refractivity contribution >= 4 is 5.91 Å². The van der Waals surface area contributed by atoms with E-state index in [1.807, 2.05) is 0 Å². The van der Waals surface area contributed by atoms with E-state index in [9.17, 15) is 4.79 Å². The number of carbonyl (C=O) groups excluding carboxylic acids is 1. The van der Waals surface area contributed by atoms with Crippen LogP contribution in [0.3, 0.4) is 0 Å². The second-order valence-corrected chi connectivity index (χ2v) is 3.93. The highest BCUT2D eigenvalue weighted by Gasteiger charge is 2.16. The molecule has 1 aromatic rings. The smallest absolute Gasteiger partial charge is 0.260 e. The van der Waals surface area contributed by atoms with Crippen LogP contribution in [0.1, 0.15) is 5.69 Å². The maximum Gasteiger partial charge on any atom is 0.260 e. The third-order valence-corrected chi connectivity index (χ3v) is 2.69. The molecule has 0 aliphatic carbocycles. The molecule has 0 saturated carbocycles. The van der Waals surface area contributed by atoms with Gasteiger partial charge in [-0.25, -0.2) is 0 Å². The summed E-state index contributed by atoms with van der Waals surface area (Å²) in [4.78, 5) is 17.5. The van der Waals surface area contributed by atoms with Gasteiger partial charge < -0.3 is 19.5 Å². The Bertz CT molecular complexity index is 388. The Kier molecular flexibility index (Phi) is 4.49. The first kappa shape index (κ1) is 12.8. The number of pyridine rings is 1. The molecule has 6 heteroatoms. The largest absolute Gasteiger partial charge is 0.482 e. The Balaban J connectivity index is 1.80. The van der Waals surface area contributed by atoms with Gasteiger partial charge >= 0.3 is 0 Å². The van der Waals surface area contributed by atoms with Gasteiger partial charge in [0.15, 0.2) is 6.61 Å². The predicted molar refractivity (Wildman–Crippen MR) is 63.1 cm³/mol. The molecule has 0 spiro atoms. The summed E-state index contributed by atoms with van der Waals surface area (Å²) in [6.45, 7) is 2.29. The van der Waals surface area contributed by atoms with Crippen molar-refractivity contribution in [2.45, 2.75) is 6.61 Å². The summed E-state index contributed by atoms with van der Waals surface area (Å²) >= 11 is 0. The molecule has 1 amide bonds. The molecule has 1 aromatic heterocycles. The molecule has 1 saturated heterocycles. The normalized spacial score (nSPS) is 15.5. The fraction of sp³-hybridized carbons (Fsp3) is 0.500. The van der Waals surface area contributed by atoms with Gasteiger partial charge in [0.1, 0.15) is 5.75 Å². The number of morpholine rings is 1. The fourth-order valence-corrected chi connectivity index (χ4v) is 1.64. The third-order valence-electron chi connectivity index (χ3n) is 2.69. The van der Waals surface area contributed by atoms with Crippen LogP contribution in [0.25, 0.3) is 0 Å². The first-order valence-electron chi connectivity index (χ1n) is 5.83. The summed E-state index contributed by atoms with van der Waals surface area (Å²) in [5, 5.41) is 8.84. The Hall–Kier alpha value is -1.66. The summed E-state index contributed by atoms with van der Waals surface area (Å²) in [5.41, 5.74) is 0.571. The van der Waals surface area contributed by atoms with Gasteiger partial charge in [-0.2, -0.15) is 0 Å².